The molecule has 2 N–H and O–H groups in total. The van der Waals surface area contributed by atoms with E-state index in [0.717, 1.165) is 6.07 Å². The minimum Gasteiger partial charge on any atom is -0.296 e. The smallest absolute Gasteiger partial charge is 0.296 e. The molecule has 0 fully saturated rings. The Kier molecular flexibility index (Phi) is 5.90. The van der Waals surface area contributed by atoms with E-state index in [9.17, 15) is 26.4 Å². The molecule has 7 nitrogen and oxygen atoms in total. The van der Waals surface area contributed by atoms with Gasteiger partial charge in [-0.2, -0.15) is 13.2 Å². The van der Waals surface area contributed by atoms with E-state index in [1.54, 1.807) is 13.8 Å². The standard InChI is InChI=1S/C13H12ClF3N4O3S2/c1-6(2)21-26(23,24)7-3-4-9(14)8(5-7)10(22)18-12-20-19-11(25-12)13(15,16)17/h3-6,21H,1-2H3,(H,18,20,22). The van der Waals surface area contributed by atoms with Crippen LogP contribution in [0.15, 0.2) is 23.1 Å². The van der Waals surface area contributed by atoms with Crippen molar-refractivity contribution in [2.45, 2.75) is 31.0 Å². The molecule has 0 saturated heterocycles. The van der Waals surface area contributed by atoms with Gasteiger partial charge in [-0.05, 0) is 32.0 Å². The molecule has 142 valence electrons. The maximum Gasteiger partial charge on any atom is 0.445 e. The third-order valence-corrected chi connectivity index (χ3v) is 5.64. The minimum absolute atomic E-state index is 0.0773. The number of alkyl halides is 3. The largest absolute Gasteiger partial charge is 0.445 e. The van der Waals surface area contributed by atoms with Crippen molar-refractivity contribution in [3.05, 3.63) is 33.8 Å². The van der Waals surface area contributed by atoms with Gasteiger partial charge in [0.25, 0.3) is 5.91 Å². The van der Waals surface area contributed by atoms with Gasteiger partial charge in [-0.25, -0.2) is 13.1 Å². The molecule has 1 heterocycles. The number of anilines is 1. The molecule has 0 atom stereocenters. The van der Waals surface area contributed by atoms with Crippen LogP contribution in [0.25, 0.3) is 0 Å². The first-order valence-corrected chi connectivity index (χ1v) is 9.62. The van der Waals surface area contributed by atoms with Crippen LogP contribution in [0, 0.1) is 0 Å². The summed E-state index contributed by atoms with van der Waals surface area (Å²) in [5, 5.41) is 6.59. The number of carbonyl (C=O) groups is 1. The van der Waals surface area contributed by atoms with E-state index in [1.807, 2.05) is 0 Å². The third kappa shape index (κ3) is 4.90. The van der Waals surface area contributed by atoms with Crippen LogP contribution in [0.5, 0.6) is 0 Å². The molecule has 0 unspecified atom stereocenters. The predicted octanol–water partition coefficient (Wildman–Crippen LogP) is 3.15. The number of nitrogens with zero attached hydrogens (tertiary/aromatic N) is 2. The van der Waals surface area contributed by atoms with Crippen molar-refractivity contribution in [3.8, 4) is 0 Å². The zero-order chi connectivity index (χ0) is 19.7. The summed E-state index contributed by atoms with van der Waals surface area (Å²) >= 11 is 6.04. The Morgan fingerprint density at radius 3 is 2.46 bits per heavy atom. The van der Waals surface area contributed by atoms with Gasteiger partial charge in [0.2, 0.25) is 20.2 Å². The topological polar surface area (TPSA) is 101 Å². The van der Waals surface area contributed by atoms with Crippen molar-refractivity contribution in [3.63, 3.8) is 0 Å². The highest BCUT2D eigenvalue weighted by Crippen LogP contribution is 2.33. The second-order valence-electron chi connectivity index (χ2n) is 5.28. The van der Waals surface area contributed by atoms with E-state index in [-0.39, 0.29) is 32.9 Å². The molecule has 13 heteroatoms. The van der Waals surface area contributed by atoms with Gasteiger partial charge in [0.1, 0.15) is 0 Å². The second-order valence-corrected chi connectivity index (χ2v) is 8.38. The predicted molar refractivity (Wildman–Crippen MR) is 89.8 cm³/mol. The molecule has 2 aromatic rings. The monoisotopic (exact) mass is 428 g/mol. The van der Waals surface area contributed by atoms with Crippen LogP contribution in [0.3, 0.4) is 0 Å². The zero-order valence-corrected chi connectivity index (χ0v) is 15.6. The molecule has 0 aliphatic heterocycles. The first-order valence-electron chi connectivity index (χ1n) is 6.94. The van der Waals surface area contributed by atoms with Gasteiger partial charge in [-0.3, -0.25) is 10.1 Å². The van der Waals surface area contributed by atoms with Gasteiger partial charge < -0.3 is 0 Å². The molecular weight excluding hydrogens is 417 g/mol. The lowest BCUT2D eigenvalue weighted by atomic mass is 10.2. The van der Waals surface area contributed by atoms with Crippen molar-refractivity contribution < 1.29 is 26.4 Å². The van der Waals surface area contributed by atoms with E-state index in [4.69, 9.17) is 11.6 Å². The van der Waals surface area contributed by atoms with E-state index >= 15 is 0 Å². The Morgan fingerprint density at radius 1 is 1.27 bits per heavy atom. The van der Waals surface area contributed by atoms with Gasteiger partial charge in [0.15, 0.2) is 0 Å². The molecule has 0 bridgehead atoms. The maximum absolute atomic E-state index is 12.5. The average molecular weight is 429 g/mol. The molecule has 0 radical (unpaired) electrons. The number of aromatic nitrogens is 2. The van der Waals surface area contributed by atoms with Gasteiger partial charge in [0.05, 0.1) is 15.5 Å². The van der Waals surface area contributed by atoms with Gasteiger partial charge >= 0.3 is 6.18 Å². The highest BCUT2D eigenvalue weighted by atomic mass is 35.5. The number of rotatable bonds is 5. The second kappa shape index (κ2) is 7.47. The molecule has 0 saturated carbocycles. The molecular formula is C13H12ClF3N4O3S2. The number of halogens is 4. The maximum atomic E-state index is 12.5. The normalized spacial score (nSPS) is 12.4. The SMILES string of the molecule is CC(C)NS(=O)(=O)c1ccc(Cl)c(C(=O)Nc2nnc(C(F)(F)F)s2)c1. The zero-order valence-electron chi connectivity index (χ0n) is 13.3. The Morgan fingerprint density at radius 2 is 1.92 bits per heavy atom. The van der Waals surface area contributed by atoms with Crippen LogP contribution in [0.2, 0.25) is 5.02 Å². The van der Waals surface area contributed by atoms with Gasteiger partial charge in [-0.15, -0.1) is 10.2 Å². The fourth-order valence-corrected chi connectivity index (χ4v) is 3.86. The number of nitrogens with one attached hydrogen (secondary N) is 2. The van der Waals surface area contributed by atoms with Gasteiger partial charge in [-0.1, -0.05) is 22.9 Å². The molecule has 1 aromatic heterocycles. The van der Waals surface area contributed by atoms with E-state index in [2.05, 4.69) is 20.2 Å². The van der Waals surface area contributed by atoms with Crippen molar-refractivity contribution >= 4 is 44.0 Å². The molecule has 0 aliphatic rings. The summed E-state index contributed by atoms with van der Waals surface area (Å²) in [7, 11) is -3.88. The number of sulfonamides is 1. The minimum atomic E-state index is -4.69. The number of benzene rings is 1. The summed E-state index contributed by atoms with van der Waals surface area (Å²) in [5.74, 6) is -0.915. The van der Waals surface area contributed by atoms with Crippen LogP contribution < -0.4 is 10.0 Å². The fourth-order valence-electron chi connectivity index (χ4n) is 1.78. The summed E-state index contributed by atoms with van der Waals surface area (Å²) in [6, 6.07) is 3.05. The number of amides is 1. The summed E-state index contributed by atoms with van der Waals surface area (Å²) in [6.45, 7) is 3.24. The first-order chi connectivity index (χ1) is 11.9. The Bertz CT molecular complexity index is 929. The summed E-state index contributed by atoms with van der Waals surface area (Å²) in [4.78, 5) is 12.0. The summed E-state index contributed by atoms with van der Waals surface area (Å²) < 4.78 is 64.2. The molecule has 2 rings (SSSR count). The summed E-state index contributed by atoms with van der Waals surface area (Å²) in [6.07, 6.45) is -4.69. The molecule has 1 aromatic carbocycles. The van der Waals surface area contributed by atoms with Crippen LogP contribution in [0.4, 0.5) is 18.3 Å². The first kappa shape index (κ1) is 20.6. The van der Waals surface area contributed by atoms with Crippen LogP contribution in [0.1, 0.15) is 29.2 Å². The number of hydrogen-bond acceptors (Lipinski definition) is 6. The van der Waals surface area contributed by atoms with E-state index < -0.39 is 32.2 Å². The van der Waals surface area contributed by atoms with E-state index in [1.165, 1.54) is 12.1 Å². The number of carbonyl (C=O) groups excluding carboxylic acids is 1. The Hall–Kier alpha value is -1.76. The lowest BCUT2D eigenvalue weighted by molar-refractivity contribution is -0.138. The van der Waals surface area contributed by atoms with Crippen molar-refractivity contribution in [2.75, 3.05) is 5.32 Å². The molecule has 1 amide bonds. The quantitative estimate of drug-likeness (QED) is 0.761. The third-order valence-electron chi connectivity index (χ3n) is 2.77. The van der Waals surface area contributed by atoms with Crippen molar-refractivity contribution in [1.29, 1.82) is 0 Å². The average Bonchev–Trinajstić information content (AvgIpc) is 2.94. The van der Waals surface area contributed by atoms with Crippen molar-refractivity contribution in [2.24, 2.45) is 0 Å². The lowest BCUT2D eigenvalue weighted by Crippen LogP contribution is -2.30. The van der Waals surface area contributed by atoms with Crippen molar-refractivity contribution in [1.82, 2.24) is 14.9 Å². The molecule has 26 heavy (non-hydrogen) atoms. The van der Waals surface area contributed by atoms with Gasteiger partial charge in [0, 0.05) is 6.04 Å². The number of hydrogen-bond donors (Lipinski definition) is 2. The van der Waals surface area contributed by atoms with Crippen LogP contribution >= 0.6 is 22.9 Å². The summed E-state index contributed by atoms with van der Waals surface area (Å²) in [5.41, 5.74) is -0.234. The van der Waals surface area contributed by atoms with Crippen LogP contribution in [-0.4, -0.2) is 30.6 Å². The molecule has 0 spiro atoms. The molecule has 0 aliphatic carbocycles. The Balaban J connectivity index is 2.29. The van der Waals surface area contributed by atoms with Crippen LogP contribution in [-0.2, 0) is 16.2 Å². The Labute approximate surface area is 155 Å². The highest BCUT2D eigenvalue weighted by Gasteiger charge is 2.36. The lowest BCUT2D eigenvalue weighted by Gasteiger charge is -2.11. The highest BCUT2D eigenvalue weighted by molar-refractivity contribution is 7.89. The fraction of sp³-hybridized carbons (Fsp3) is 0.308. The van der Waals surface area contributed by atoms with E-state index in [0.29, 0.717) is 0 Å².